The molecule has 0 aromatic carbocycles. The maximum absolute atomic E-state index is 4.92. The van der Waals surface area contributed by atoms with E-state index in [9.17, 15) is 0 Å². The zero-order valence-electron chi connectivity index (χ0n) is 7.03. The van der Waals surface area contributed by atoms with Crippen LogP contribution >= 0.6 is 15.9 Å². The summed E-state index contributed by atoms with van der Waals surface area (Å²) in [5.41, 5.74) is 1.02. The Morgan fingerprint density at radius 2 is 2.50 bits per heavy atom. The smallest absolute Gasteiger partial charge is 0.0835 e. The van der Waals surface area contributed by atoms with Crippen LogP contribution in [-0.4, -0.2) is 34.0 Å². The Morgan fingerprint density at radius 3 is 3.17 bits per heavy atom. The van der Waals surface area contributed by atoms with Crippen LogP contribution in [0.2, 0.25) is 0 Å². The third-order valence-electron chi connectivity index (χ3n) is 1.46. The van der Waals surface area contributed by atoms with Crippen LogP contribution in [0.5, 0.6) is 0 Å². The molecule has 0 radical (unpaired) electrons. The lowest BCUT2D eigenvalue weighted by Gasteiger charge is -1.96. The highest BCUT2D eigenvalue weighted by molar-refractivity contribution is 9.09. The summed E-state index contributed by atoms with van der Waals surface area (Å²) >= 11 is 3.35. The molecule has 4 nitrogen and oxygen atoms in total. The highest BCUT2D eigenvalue weighted by Gasteiger charge is 1.98. The van der Waals surface area contributed by atoms with Gasteiger partial charge in [-0.15, -0.1) is 5.10 Å². The summed E-state index contributed by atoms with van der Waals surface area (Å²) in [6.07, 6.45) is 2.87. The molecule has 1 aromatic heterocycles. The molecule has 0 aliphatic heterocycles. The lowest BCUT2D eigenvalue weighted by Crippen LogP contribution is -2.04. The molecule has 68 valence electrons. The van der Waals surface area contributed by atoms with Crippen molar-refractivity contribution >= 4 is 15.9 Å². The summed E-state index contributed by atoms with van der Waals surface area (Å²) in [6.45, 7) is 1.45. The normalized spacial score (nSPS) is 10.5. The minimum Gasteiger partial charge on any atom is -0.383 e. The number of nitrogens with zero attached hydrogens (tertiary/aromatic N) is 3. The minimum absolute atomic E-state index is 0.678. The van der Waals surface area contributed by atoms with E-state index < -0.39 is 0 Å². The van der Waals surface area contributed by atoms with Gasteiger partial charge in [0.1, 0.15) is 0 Å². The molecule has 0 unspecified atom stereocenters. The summed E-state index contributed by atoms with van der Waals surface area (Å²) in [5, 5.41) is 8.85. The topological polar surface area (TPSA) is 39.9 Å². The van der Waals surface area contributed by atoms with Crippen molar-refractivity contribution in [1.82, 2.24) is 15.0 Å². The second kappa shape index (κ2) is 5.27. The van der Waals surface area contributed by atoms with Gasteiger partial charge in [0.05, 0.1) is 18.8 Å². The van der Waals surface area contributed by atoms with E-state index in [1.807, 2.05) is 6.20 Å². The quantitative estimate of drug-likeness (QED) is 0.709. The number of hydrogen-bond acceptors (Lipinski definition) is 3. The van der Waals surface area contributed by atoms with E-state index >= 15 is 0 Å². The average molecular weight is 234 g/mol. The first kappa shape index (κ1) is 9.67. The molecule has 0 N–H and O–H groups in total. The molecule has 0 bridgehead atoms. The second-order valence-electron chi connectivity index (χ2n) is 2.40. The van der Waals surface area contributed by atoms with Gasteiger partial charge in [0.2, 0.25) is 0 Å². The number of rotatable bonds is 5. The van der Waals surface area contributed by atoms with Gasteiger partial charge in [-0.2, -0.15) is 0 Å². The fourth-order valence-corrected chi connectivity index (χ4v) is 1.25. The molecule has 0 aliphatic rings. The summed E-state index contributed by atoms with van der Waals surface area (Å²) in [7, 11) is 1.68. The SMILES string of the molecule is COCCn1cc(CCBr)nn1. The number of methoxy groups -OCH3 is 1. The predicted octanol–water partition coefficient (Wildman–Crippen LogP) is 0.862. The molecule has 0 spiro atoms. The Bertz CT molecular complexity index is 226. The Morgan fingerprint density at radius 1 is 1.67 bits per heavy atom. The highest BCUT2D eigenvalue weighted by atomic mass is 79.9. The molecular formula is C7H12BrN3O. The molecule has 0 saturated heterocycles. The van der Waals surface area contributed by atoms with E-state index in [4.69, 9.17) is 4.74 Å². The summed E-state index contributed by atoms with van der Waals surface area (Å²) in [6, 6.07) is 0. The first-order valence-electron chi connectivity index (χ1n) is 3.80. The van der Waals surface area contributed by atoms with E-state index in [1.165, 1.54) is 0 Å². The third-order valence-corrected chi connectivity index (χ3v) is 1.86. The maximum atomic E-state index is 4.92. The monoisotopic (exact) mass is 233 g/mol. The number of aryl methyl sites for hydroxylation is 1. The maximum Gasteiger partial charge on any atom is 0.0835 e. The fourth-order valence-electron chi connectivity index (χ4n) is 0.844. The average Bonchev–Trinajstić information content (AvgIpc) is 2.50. The lowest BCUT2D eigenvalue weighted by atomic mass is 10.4. The second-order valence-corrected chi connectivity index (χ2v) is 3.20. The van der Waals surface area contributed by atoms with Gasteiger partial charge in [0.15, 0.2) is 0 Å². The molecule has 0 saturated carbocycles. The molecule has 1 heterocycles. The van der Waals surface area contributed by atoms with Crippen LogP contribution in [0.15, 0.2) is 6.20 Å². The number of aromatic nitrogens is 3. The van der Waals surface area contributed by atoms with Crippen molar-refractivity contribution in [2.24, 2.45) is 0 Å². The molecule has 1 rings (SSSR count). The summed E-state index contributed by atoms with van der Waals surface area (Å²) < 4.78 is 6.71. The van der Waals surface area contributed by atoms with Gasteiger partial charge in [0, 0.05) is 25.1 Å². The standard InChI is InChI=1S/C7H12BrN3O/c1-12-5-4-11-6-7(2-3-8)9-10-11/h6H,2-5H2,1H3. The van der Waals surface area contributed by atoms with Crippen LogP contribution in [0.25, 0.3) is 0 Å². The third kappa shape index (κ3) is 2.91. The van der Waals surface area contributed by atoms with E-state index in [0.29, 0.717) is 6.61 Å². The number of ether oxygens (including phenoxy) is 1. The van der Waals surface area contributed by atoms with Gasteiger partial charge >= 0.3 is 0 Å². The number of alkyl halides is 1. The molecule has 1 aromatic rings. The zero-order chi connectivity index (χ0) is 8.81. The zero-order valence-corrected chi connectivity index (χ0v) is 8.62. The van der Waals surface area contributed by atoms with Crippen LogP contribution < -0.4 is 0 Å². The lowest BCUT2D eigenvalue weighted by molar-refractivity contribution is 0.183. The first-order chi connectivity index (χ1) is 5.86. The van der Waals surface area contributed by atoms with E-state index in [1.54, 1.807) is 11.8 Å². The molecule has 0 aliphatic carbocycles. The van der Waals surface area contributed by atoms with Crippen molar-refractivity contribution in [1.29, 1.82) is 0 Å². The Labute approximate surface area is 80.0 Å². The van der Waals surface area contributed by atoms with E-state index in [0.717, 1.165) is 24.0 Å². The van der Waals surface area contributed by atoms with Gasteiger partial charge < -0.3 is 4.74 Å². The summed E-state index contributed by atoms with van der Waals surface area (Å²) in [5.74, 6) is 0. The van der Waals surface area contributed by atoms with Gasteiger partial charge in [-0.25, -0.2) is 4.68 Å². The Hall–Kier alpha value is -0.420. The van der Waals surface area contributed by atoms with Crippen LogP contribution in [0.1, 0.15) is 5.69 Å². The van der Waals surface area contributed by atoms with Crippen molar-refractivity contribution in [2.75, 3.05) is 19.0 Å². The van der Waals surface area contributed by atoms with Crippen molar-refractivity contribution in [3.05, 3.63) is 11.9 Å². The molecule has 0 atom stereocenters. The molecule has 5 heteroatoms. The van der Waals surface area contributed by atoms with Crippen molar-refractivity contribution in [2.45, 2.75) is 13.0 Å². The first-order valence-corrected chi connectivity index (χ1v) is 4.93. The fraction of sp³-hybridized carbons (Fsp3) is 0.714. The Kier molecular flexibility index (Phi) is 4.24. The van der Waals surface area contributed by atoms with Crippen LogP contribution in [0.4, 0.5) is 0 Å². The highest BCUT2D eigenvalue weighted by Crippen LogP contribution is 1.96. The number of halogens is 1. The molecule has 0 fully saturated rings. The summed E-state index contributed by atoms with van der Waals surface area (Å²) in [4.78, 5) is 0. The van der Waals surface area contributed by atoms with E-state index in [2.05, 4.69) is 26.2 Å². The van der Waals surface area contributed by atoms with Crippen molar-refractivity contribution < 1.29 is 4.74 Å². The van der Waals surface area contributed by atoms with Crippen LogP contribution in [0, 0.1) is 0 Å². The van der Waals surface area contributed by atoms with Crippen molar-refractivity contribution in [3.8, 4) is 0 Å². The van der Waals surface area contributed by atoms with Gasteiger partial charge in [-0.05, 0) is 0 Å². The van der Waals surface area contributed by atoms with Gasteiger partial charge in [0.25, 0.3) is 0 Å². The number of hydrogen-bond donors (Lipinski definition) is 0. The van der Waals surface area contributed by atoms with Crippen molar-refractivity contribution in [3.63, 3.8) is 0 Å². The molecular weight excluding hydrogens is 222 g/mol. The van der Waals surface area contributed by atoms with Crippen LogP contribution in [0.3, 0.4) is 0 Å². The largest absolute Gasteiger partial charge is 0.383 e. The predicted molar refractivity (Wildman–Crippen MR) is 49.4 cm³/mol. The van der Waals surface area contributed by atoms with Crippen LogP contribution in [-0.2, 0) is 17.7 Å². The minimum atomic E-state index is 0.678. The van der Waals surface area contributed by atoms with E-state index in [-0.39, 0.29) is 0 Å². The molecule has 12 heavy (non-hydrogen) atoms. The van der Waals surface area contributed by atoms with Gasteiger partial charge in [-0.3, -0.25) is 0 Å². The van der Waals surface area contributed by atoms with Gasteiger partial charge in [-0.1, -0.05) is 21.1 Å². The Balaban J connectivity index is 2.41. The molecule has 0 amide bonds.